The first kappa shape index (κ1) is 9.47. The molecule has 72 valence electrons. The second-order valence-electron chi connectivity index (χ2n) is 3.38. The lowest BCUT2D eigenvalue weighted by Crippen LogP contribution is -1.71. The first-order valence-corrected chi connectivity index (χ1v) is 5.79. The minimum Gasteiger partial charge on any atom is -0.140 e. The molecule has 0 spiro atoms. The molecule has 1 aromatic heterocycles. The van der Waals surface area contributed by atoms with Crippen molar-refractivity contribution in [2.75, 3.05) is 0 Å². The number of benzene rings is 1. The van der Waals surface area contributed by atoms with E-state index in [0.29, 0.717) is 0 Å². The molecule has 0 unspecified atom stereocenters. The summed E-state index contributed by atoms with van der Waals surface area (Å²) in [7, 11) is 0. The SMILES string of the molecule is CC/C=C\c1c(C)sc2ccccc12. The van der Waals surface area contributed by atoms with Crippen molar-refractivity contribution < 1.29 is 0 Å². The zero-order chi connectivity index (χ0) is 9.97. The Hall–Kier alpha value is -1.08. The summed E-state index contributed by atoms with van der Waals surface area (Å²) in [5.41, 5.74) is 1.40. The van der Waals surface area contributed by atoms with Crippen LogP contribution in [-0.4, -0.2) is 0 Å². The molecular formula is C13H14S. The van der Waals surface area contributed by atoms with Gasteiger partial charge in [0.25, 0.3) is 0 Å². The van der Waals surface area contributed by atoms with Gasteiger partial charge in [-0.05, 0) is 30.4 Å². The maximum atomic E-state index is 2.24. The molecular weight excluding hydrogens is 188 g/mol. The van der Waals surface area contributed by atoms with Gasteiger partial charge >= 0.3 is 0 Å². The molecule has 0 saturated carbocycles. The standard InChI is InChI=1S/C13H14S/c1-3-4-7-11-10(2)14-13-9-6-5-8-12(11)13/h4-9H,3H2,1-2H3/b7-4-. The molecule has 0 radical (unpaired) electrons. The van der Waals surface area contributed by atoms with Crippen LogP contribution < -0.4 is 0 Å². The molecule has 0 atom stereocenters. The predicted molar refractivity (Wildman–Crippen MR) is 65.9 cm³/mol. The van der Waals surface area contributed by atoms with Gasteiger partial charge in [0, 0.05) is 9.58 Å². The highest BCUT2D eigenvalue weighted by molar-refractivity contribution is 7.19. The molecule has 14 heavy (non-hydrogen) atoms. The van der Waals surface area contributed by atoms with Gasteiger partial charge in [-0.15, -0.1) is 11.3 Å². The Balaban J connectivity index is 2.62. The summed E-state index contributed by atoms with van der Waals surface area (Å²) < 4.78 is 1.39. The van der Waals surface area contributed by atoms with E-state index < -0.39 is 0 Å². The summed E-state index contributed by atoms with van der Waals surface area (Å²) in [5, 5.41) is 1.39. The molecule has 0 fully saturated rings. The molecule has 0 nitrogen and oxygen atoms in total. The van der Waals surface area contributed by atoms with Crippen molar-refractivity contribution in [2.45, 2.75) is 20.3 Å². The van der Waals surface area contributed by atoms with E-state index in [1.807, 2.05) is 11.3 Å². The number of thiophene rings is 1. The maximum Gasteiger partial charge on any atom is 0.0351 e. The Bertz CT molecular complexity index is 463. The summed E-state index contributed by atoms with van der Waals surface area (Å²) in [6, 6.07) is 8.60. The molecule has 2 aromatic rings. The highest BCUT2D eigenvalue weighted by atomic mass is 32.1. The number of fused-ring (bicyclic) bond motifs is 1. The summed E-state index contributed by atoms with van der Waals surface area (Å²) in [4.78, 5) is 1.41. The van der Waals surface area contributed by atoms with Crippen molar-refractivity contribution in [2.24, 2.45) is 0 Å². The number of hydrogen-bond donors (Lipinski definition) is 0. The summed E-state index contributed by atoms with van der Waals surface area (Å²) in [5.74, 6) is 0. The first-order chi connectivity index (χ1) is 6.83. The van der Waals surface area contributed by atoms with Crippen molar-refractivity contribution in [1.82, 2.24) is 0 Å². The minimum absolute atomic E-state index is 1.10. The molecule has 2 rings (SSSR count). The van der Waals surface area contributed by atoms with Crippen LogP contribution >= 0.6 is 11.3 Å². The lowest BCUT2D eigenvalue weighted by atomic mass is 10.1. The van der Waals surface area contributed by atoms with Crippen molar-refractivity contribution in [3.63, 3.8) is 0 Å². The van der Waals surface area contributed by atoms with E-state index in [4.69, 9.17) is 0 Å². The predicted octanol–water partition coefficient (Wildman–Crippen LogP) is 4.63. The monoisotopic (exact) mass is 202 g/mol. The van der Waals surface area contributed by atoms with E-state index in [9.17, 15) is 0 Å². The summed E-state index contributed by atoms with van der Waals surface area (Å²) >= 11 is 1.88. The van der Waals surface area contributed by atoms with E-state index >= 15 is 0 Å². The highest BCUT2D eigenvalue weighted by Gasteiger charge is 2.04. The normalized spacial score (nSPS) is 11.6. The van der Waals surface area contributed by atoms with Gasteiger partial charge in [-0.2, -0.15) is 0 Å². The van der Waals surface area contributed by atoms with Crippen LogP contribution in [0.5, 0.6) is 0 Å². The van der Waals surface area contributed by atoms with E-state index in [2.05, 4.69) is 50.3 Å². The van der Waals surface area contributed by atoms with Gasteiger partial charge in [-0.3, -0.25) is 0 Å². The van der Waals surface area contributed by atoms with Crippen molar-refractivity contribution >= 4 is 27.5 Å². The average molecular weight is 202 g/mol. The Kier molecular flexibility index (Phi) is 2.69. The zero-order valence-electron chi connectivity index (χ0n) is 8.58. The fourth-order valence-corrected chi connectivity index (χ4v) is 2.68. The van der Waals surface area contributed by atoms with Crippen LogP contribution in [-0.2, 0) is 0 Å². The van der Waals surface area contributed by atoms with Gasteiger partial charge in [-0.1, -0.05) is 37.3 Å². The van der Waals surface area contributed by atoms with Crippen LogP contribution in [0.25, 0.3) is 16.2 Å². The Morgan fingerprint density at radius 1 is 1.29 bits per heavy atom. The molecule has 0 N–H and O–H groups in total. The molecule has 0 aliphatic carbocycles. The summed E-state index contributed by atoms with van der Waals surface area (Å²) in [6.45, 7) is 4.36. The van der Waals surface area contributed by atoms with Gasteiger partial charge in [0.1, 0.15) is 0 Å². The molecule has 1 heterocycles. The highest BCUT2D eigenvalue weighted by Crippen LogP contribution is 2.31. The molecule has 0 aliphatic rings. The lowest BCUT2D eigenvalue weighted by Gasteiger charge is -1.92. The average Bonchev–Trinajstić information content (AvgIpc) is 2.51. The van der Waals surface area contributed by atoms with Gasteiger partial charge < -0.3 is 0 Å². The topological polar surface area (TPSA) is 0 Å². The first-order valence-electron chi connectivity index (χ1n) is 4.97. The quantitative estimate of drug-likeness (QED) is 0.666. The van der Waals surface area contributed by atoms with Crippen molar-refractivity contribution in [3.8, 4) is 0 Å². The van der Waals surface area contributed by atoms with Crippen molar-refractivity contribution in [1.29, 1.82) is 0 Å². The van der Waals surface area contributed by atoms with Crippen LogP contribution in [0.2, 0.25) is 0 Å². The van der Waals surface area contributed by atoms with Crippen LogP contribution in [0.15, 0.2) is 30.3 Å². The second-order valence-corrected chi connectivity index (χ2v) is 4.64. The Labute approximate surface area is 88.9 Å². The smallest absolute Gasteiger partial charge is 0.0351 e. The molecule has 1 aromatic carbocycles. The number of rotatable bonds is 2. The molecule has 0 aliphatic heterocycles. The molecule has 0 bridgehead atoms. The van der Waals surface area contributed by atoms with Gasteiger partial charge in [-0.25, -0.2) is 0 Å². The van der Waals surface area contributed by atoms with E-state index in [1.54, 1.807) is 0 Å². The van der Waals surface area contributed by atoms with E-state index in [0.717, 1.165) is 6.42 Å². The van der Waals surface area contributed by atoms with Crippen LogP contribution in [0.3, 0.4) is 0 Å². The van der Waals surface area contributed by atoms with Crippen LogP contribution in [0, 0.1) is 6.92 Å². The number of hydrogen-bond acceptors (Lipinski definition) is 1. The molecule has 0 amide bonds. The van der Waals surface area contributed by atoms with E-state index in [-0.39, 0.29) is 0 Å². The van der Waals surface area contributed by atoms with Gasteiger partial charge in [0.15, 0.2) is 0 Å². The maximum absolute atomic E-state index is 2.24. The molecule has 1 heteroatoms. The summed E-state index contributed by atoms with van der Waals surface area (Å²) in [6.07, 6.45) is 5.57. The fraction of sp³-hybridized carbons (Fsp3) is 0.231. The van der Waals surface area contributed by atoms with Crippen LogP contribution in [0.1, 0.15) is 23.8 Å². The third kappa shape index (κ3) is 1.60. The second kappa shape index (κ2) is 3.97. The number of allylic oxidation sites excluding steroid dienone is 1. The third-order valence-corrected chi connectivity index (χ3v) is 3.44. The minimum atomic E-state index is 1.10. The Morgan fingerprint density at radius 3 is 2.86 bits per heavy atom. The fourth-order valence-electron chi connectivity index (χ4n) is 1.63. The number of aryl methyl sites for hydroxylation is 1. The van der Waals surface area contributed by atoms with Gasteiger partial charge in [0.05, 0.1) is 0 Å². The van der Waals surface area contributed by atoms with E-state index in [1.165, 1.54) is 20.5 Å². The Morgan fingerprint density at radius 2 is 2.07 bits per heavy atom. The van der Waals surface area contributed by atoms with Crippen LogP contribution in [0.4, 0.5) is 0 Å². The van der Waals surface area contributed by atoms with Gasteiger partial charge in [0.2, 0.25) is 0 Å². The zero-order valence-corrected chi connectivity index (χ0v) is 9.40. The largest absolute Gasteiger partial charge is 0.140 e. The van der Waals surface area contributed by atoms with Crippen molar-refractivity contribution in [3.05, 3.63) is 40.8 Å². The molecule has 0 saturated heterocycles. The third-order valence-electron chi connectivity index (χ3n) is 2.34. The lowest BCUT2D eigenvalue weighted by molar-refractivity contribution is 1.23.